The zero-order valence-corrected chi connectivity index (χ0v) is 10.7. The minimum absolute atomic E-state index is 0.302. The van der Waals surface area contributed by atoms with Gasteiger partial charge in [-0.05, 0) is 41.8 Å². The molecule has 94 valence electrons. The first-order valence-corrected chi connectivity index (χ1v) is 6.43. The Bertz CT molecular complexity index is 473. The normalized spacial score (nSPS) is 10.3. The lowest BCUT2D eigenvalue weighted by molar-refractivity contribution is 0.475. The van der Waals surface area contributed by atoms with Crippen molar-refractivity contribution < 1.29 is 5.11 Å². The molecule has 0 heterocycles. The highest BCUT2D eigenvalue weighted by atomic mass is 16.3. The first kappa shape index (κ1) is 12.5. The molecule has 2 N–H and O–H groups in total. The van der Waals surface area contributed by atoms with Gasteiger partial charge in [-0.25, -0.2) is 0 Å². The second-order valence-electron chi connectivity index (χ2n) is 4.40. The van der Waals surface area contributed by atoms with E-state index in [1.54, 1.807) is 12.1 Å². The first-order valence-electron chi connectivity index (χ1n) is 6.43. The molecule has 0 aromatic heterocycles. The Balaban J connectivity index is 2.05. The largest absolute Gasteiger partial charge is 0.508 e. The molecule has 0 saturated carbocycles. The summed E-state index contributed by atoms with van der Waals surface area (Å²) in [4.78, 5) is 0. The maximum atomic E-state index is 9.26. The number of phenolic OH excluding ortho intramolecular Hbond substituents is 1. The highest BCUT2D eigenvalue weighted by Gasteiger charge is 1.98. The molecule has 2 aromatic carbocycles. The van der Waals surface area contributed by atoms with E-state index >= 15 is 0 Å². The number of unbranched alkanes of at least 4 members (excludes halogenated alkanes) is 1. The van der Waals surface area contributed by atoms with Crippen LogP contribution in [0.4, 0.5) is 5.69 Å². The van der Waals surface area contributed by atoms with Crippen LogP contribution in [0.15, 0.2) is 48.5 Å². The van der Waals surface area contributed by atoms with Gasteiger partial charge >= 0.3 is 0 Å². The van der Waals surface area contributed by atoms with Crippen LogP contribution in [0.25, 0.3) is 11.1 Å². The summed E-state index contributed by atoms with van der Waals surface area (Å²) in [5.41, 5.74) is 3.44. The maximum Gasteiger partial charge on any atom is 0.115 e. The van der Waals surface area contributed by atoms with Crippen LogP contribution in [-0.2, 0) is 0 Å². The van der Waals surface area contributed by atoms with E-state index in [4.69, 9.17) is 0 Å². The Morgan fingerprint density at radius 1 is 0.889 bits per heavy atom. The third-order valence-electron chi connectivity index (χ3n) is 2.94. The molecule has 2 rings (SSSR count). The minimum atomic E-state index is 0.302. The first-order chi connectivity index (χ1) is 8.79. The van der Waals surface area contributed by atoms with Crippen molar-refractivity contribution in [2.45, 2.75) is 19.8 Å². The van der Waals surface area contributed by atoms with Gasteiger partial charge in [0.05, 0.1) is 0 Å². The van der Waals surface area contributed by atoms with Crippen LogP contribution in [0.1, 0.15) is 19.8 Å². The van der Waals surface area contributed by atoms with Crippen LogP contribution in [0, 0.1) is 0 Å². The Morgan fingerprint density at radius 2 is 1.44 bits per heavy atom. The lowest BCUT2D eigenvalue weighted by Gasteiger charge is -2.07. The number of nitrogens with one attached hydrogen (secondary N) is 1. The van der Waals surface area contributed by atoms with Gasteiger partial charge in [0.15, 0.2) is 0 Å². The molecule has 2 aromatic rings. The van der Waals surface area contributed by atoms with Crippen molar-refractivity contribution in [2.75, 3.05) is 11.9 Å². The van der Waals surface area contributed by atoms with Crippen molar-refractivity contribution in [3.63, 3.8) is 0 Å². The molecule has 0 aliphatic carbocycles. The number of hydrogen-bond acceptors (Lipinski definition) is 2. The fourth-order valence-electron chi connectivity index (χ4n) is 1.84. The average molecular weight is 241 g/mol. The molecule has 0 unspecified atom stereocenters. The fourth-order valence-corrected chi connectivity index (χ4v) is 1.84. The number of benzene rings is 2. The summed E-state index contributed by atoms with van der Waals surface area (Å²) in [6.07, 6.45) is 2.40. The van der Waals surface area contributed by atoms with Gasteiger partial charge in [0.1, 0.15) is 5.75 Å². The van der Waals surface area contributed by atoms with Crippen molar-refractivity contribution in [2.24, 2.45) is 0 Å². The summed E-state index contributed by atoms with van der Waals surface area (Å²) in [5.74, 6) is 0.302. The molecule has 18 heavy (non-hydrogen) atoms. The minimum Gasteiger partial charge on any atom is -0.508 e. The summed E-state index contributed by atoms with van der Waals surface area (Å²) in [6, 6.07) is 15.7. The SMILES string of the molecule is CCCCNc1ccc(-c2ccc(O)cc2)cc1. The molecule has 0 aliphatic rings. The van der Waals surface area contributed by atoms with Gasteiger partial charge in [-0.3, -0.25) is 0 Å². The van der Waals surface area contributed by atoms with Crippen molar-refractivity contribution in [1.82, 2.24) is 0 Å². The van der Waals surface area contributed by atoms with E-state index in [0.717, 1.165) is 23.4 Å². The van der Waals surface area contributed by atoms with Crippen molar-refractivity contribution in [3.8, 4) is 16.9 Å². The Morgan fingerprint density at radius 3 is 2.00 bits per heavy atom. The lowest BCUT2D eigenvalue weighted by Crippen LogP contribution is -2.00. The van der Waals surface area contributed by atoms with Gasteiger partial charge in [0.25, 0.3) is 0 Å². The molecule has 0 spiro atoms. The molecule has 0 atom stereocenters. The number of rotatable bonds is 5. The third kappa shape index (κ3) is 3.27. The van der Waals surface area contributed by atoms with E-state index in [9.17, 15) is 5.11 Å². The van der Waals surface area contributed by atoms with Crippen LogP contribution in [0.5, 0.6) is 5.75 Å². The van der Waals surface area contributed by atoms with Gasteiger partial charge in [-0.1, -0.05) is 37.6 Å². The molecule has 0 fully saturated rings. The molecule has 0 amide bonds. The van der Waals surface area contributed by atoms with Crippen LogP contribution in [0.2, 0.25) is 0 Å². The standard InChI is InChI=1S/C16H19NO/c1-2-3-12-17-15-8-4-13(5-9-15)14-6-10-16(18)11-7-14/h4-11,17-18H,2-3,12H2,1H3. The van der Waals surface area contributed by atoms with Gasteiger partial charge in [0, 0.05) is 12.2 Å². The zero-order valence-electron chi connectivity index (χ0n) is 10.7. The fraction of sp³-hybridized carbons (Fsp3) is 0.250. The van der Waals surface area contributed by atoms with Gasteiger partial charge < -0.3 is 10.4 Å². The molecular formula is C16H19NO. The lowest BCUT2D eigenvalue weighted by atomic mass is 10.1. The van der Waals surface area contributed by atoms with E-state index in [1.807, 2.05) is 12.1 Å². The van der Waals surface area contributed by atoms with Crippen LogP contribution in [-0.4, -0.2) is 11.7 Å². The number of anilines is 1. The van der Waals surface area contributed by atoms with E-state index in [-0.39, 0.29) is 0 Å². The highest BCUT2D eigenvalue weighted by molar-refractivity contribution is 5.66. The average Bonchev–Trinajstić information content (AvgIpc) is 2.41. The van der Waals surface area contributed by atoms with Crippen LogP contribution >= 0.6 is 0 Å². The monoisotopic (exact) mass is 241 g/mol. The third-order valence-corrected chi connectivity index (χ3v) is 2.94. The zero-order chi connectivity index (χ0) is 12.8. The Kier molecular flexibility index (Phi) is 4.24. The Hall–Kier alpha value is -1.96. The van der Waals surface area contributed by atoms with E-state index in [2.05, 4.69) is 36.5 Å². The molecule has 2 heteroatoms. The Labute approximate surface area is 108 Å². The van der Waals surface area contributed by atoms with Crippen molar-refractivity contribution in [1.29, 1.82) is 0 Å². The quantitative estimate of drug-likeness (QED) is 0.766. The van der Waals surface area contributed by atoms with E-state index < -0.39 is 0 Å². The molecule has 0 bridgehead atoms. The smallest absolute Gasteiger partial charge is 0.115 e. The van der Waals surface area contributed by atoms with Gasteiger partial charge in [-0.2, -0.15) is 0 Å². The molecule has 0 radical (unpaired) electrons. The van der Waals surface area contributed by atoms with E-state index in [0.29, 0.717) is 5.75 Å². The second kappa shape index (κ2) is 6.10. The molecular weight excluding hydrogens is 222 g/mol. The summed E-state index contributed by atoms with van der Waals surface area (Å²) in [5, 5.41) is 12.7. The second-order valence-corrected chi connectivity index (χ2v) is 4.40. The molecule has 2 nitrogen and oxygen atoms in total. The number of aromatic hydroxyl groups is 1. The summed E-state index contributed by atoms with van der Waals surface area (Å²) in [7, 11) is 0. The van der Waals surface area contributed by atoms with Crippen LogP contribution < -0.4 is 5.32 Å². The predicted octanol–water partition coefficient (Wildman–Crippen LogP) is 4.27. The number of hydrogen-bond donors (Lipinski definition) is 2. The molecule has 0 saturated heterocycles. The molecule has 0 aliphatic heterocycles. The summed E-state index contributed by atoms with van der Waals surface area (Å²) >= 11 is 0. The topological polar surface area (TPSA) is 32.3 Å². The van der Waals surface area contributed by atoms with Gasteiger partial charge in [0.2, 0.25) is 0 Å². The maximum absolute atomic E-state index is 9.26. The predicted molar refractivity (Wildman–Crippen MR) is 76.9 cm³/mol. The summed E-state index contributed by atoms with van der Waals surface area (Å²) in [6.45, 7) is 3.21. The van der Waals surface area contributed by atoms with Gasteiger partial charge in [-0.15, -0.1) is 0 Å². The highest BCUT2D eigenvalue weighted by Crippen LogP contribution is 2.23. The summed E-state index contributed by atoms with van der Waals surface area (Å²) < 4.78 is 0. The van der Waals surface area contributed by atoms with Crippen LogP contribution in [0.3, 0.4) is 0 Å². The van der Waals surface area contributed by atoms with Crippen molar-refractivity contribution in [3.05, 3.63) is 48.5 Å². The number of phenols is 1. The van der Waals surface area contributed by atoms with Crippen molar-refractivity contribution >= 4 is 5.69 Å². The van der Waals surface area contributed by atoms with E-state index in [1.165, 1.54) is 12.8 Å².